The maximum absolute atomic E-state index is 12.2. The Hall–Kier alpha value is -2.37. The van der Waals surface area contributed by atoms with Crippen molar-refractivity contribution in [1.82, 2.24) is 10.2 Å². The summed E-state index contributed by atoms with van der Waals surface area (Å²) in [7, 11) is 0. The third-order valence-corrected chi connectivity index (χ3v) is 4.70. The monoisotopic (exact) mass is 286 g/mol. The van der Waals surface area contributed by atoms with Gasteiger partial charge in [-0.2, -0.15) is 0 Å². The van der Waals surface area contributed by atoms with Crippen LogP contribution in [0.3, 0.4) is 0 Å². The first kappa shape index (κ1) is 12.4. The van der Waals surface area contributed by atoms with Crippen LogP contribution in [0.15, 0.2) is 30.3 Å². The molecule has 3 saturated heterocycles. The Morgan fingerprint density at radius 1 is 1.14 bits per heavy atom. The molecule has 6 nitrogen and oxygen atoms in total. The second-order valence-electron chi connectivity index (χ2n) is 5.85. The van der Waals surface area contributed by atoms with Crippen LogP contribution in [-0.2, 0) is 14.3 Å². The summed E-state index contributed by atoms with van der Waals surface area (Å²) < 4.78 is 5.40. The SMILES string of the molecule is O=C1NC(=O)C2(N3CC(c4ccccc4)OC3=O)CC1C2. The lowest BCUT2D eigenvalue weighted by Crippen LogP contribution is -2.73. The van der Waals surface area contributed by atoms with E-state index in [4.69, 9.17) is 4.74 Å². The van der Waals surface area contributed by atoms with Crippen molar-refractivity contribution in [2.24, 2.45) is 5.92 Å². The molecule has 4 aliphatic rings. The lowest BCUT2D eigenvalue weighted by atomic mass is 9.63. The van der Waals surface area contributed by atoms with Gasteiger partial charge in [-0.3, -0.25) is 19.8 Å². The predicted octanol–water partition coefficient (Wildman–Crippen LogP) is 0.985. The van der Waals surface area contributed by atoms with E-state index in [9.17, 15) is 14.4 Å². The molecule has 4 fully saturated rings. The Kier molecular flexibility index (Phi) is 2.40. The Morgan fingerprint density at radius 2 is 1.86 bits per heavy atom. The summed E-state index contributed by atoms with van der Waals surface area (Å²) in [6, 6.07) is 9.46. The molecule has 2 bridgehead atoms. The van der Waals surface area contributed by atoms with E-state index in [-0.39, 0.29) is 23.8 Å². The zero-order valence-corrected chi connectivity index (χ0v) is 11.2. The number of imide groups is 1. The normalized spacial score (nSPS) is 34.3. The van der Waals surface area contributed by atoms with Gasteiger partial charge in [0.15, 0.2) is 0 Å². The Labute approximate surface area is 121 Å². The largest absolute Gasteiger partial charge is 0.439 e. The topological polar surface area (TPSA) is 75.7 Å². The van der Waals surface area contributed by atoms with E-state index in [1.165, 1.54) is 4.90 Å². The van der Waals surface area contributed by atoms with E-state index in [1.54, 1.807) is 0 Å². The van der Waals surface area contributed by atoms with Crippen molar-refractivity contribution >= 4 is 17.9 Å². The molecule has 0 aromatic heterocycles. The van der Waals surface area contributed by atoms with Gasteiger partial charge in [-0.25, -0.2) is 4.79 Å². The minimum Gasteiger partial charge on any atom is -0.439 e. The van der Waals surface area contributed by atoms with Crippen molar-refractivity contribution < 1.29 is 19.1 Å². The number of hydrogen-bond acceptors (Lipinski definition) is 4. The fourth-order valence-electron chi connectivity index (χ4n) is 3.45. The summed E-state index contributed by atoms with van der Waals surface area (Å²) in [6.07, 6.45) is -0.0212. The highest BCUT2D eigenvalue weighted by molar-refractivity contribution is 6.08. The molecular weight excluding hydrogens is 272 g/mol. The molecule has 0 radical (unpaired) electrons. The van der Waals surface area contributed by atoms with Crippen molar-refractivity contribution in [3.63, 3.8) is 0 Å². The van der Waals surface area contributed by atoms with Crippen LogP contribution in [0.4, 0.5) is 4.79 Å². The van der Waals surface area contributed by atoms with E-state index in [0.29, 0.717) is 19.4 Å². The second-order valence-corrected chi connectivity index (χ2v) is 5.85. The van der Waals surface area contributed by atoms with Crippen molar-refractivity contribution in [2.45, 2.75) is 24.5 Å². The molecule has 21 heavy (non-hydrogen) atoms. The van der Waals surface area contributed by atoms with Crippen LogP contribution in [0.2, 0.25) is 0 Å². The van der Waals surface area contributed by atoms with Crippen LogP contribution < -0.4 is 5.32 Å². The summed E-state index contributed by atoms with van der Waals surface area (Å²) in [4.78, 5) is 37.3. The Morgan fingerprint density at radius 3 is 2.52 bits per heavy atom. The maximum Gasteiger partial charge on any atom is 0.411 e. The highest BCUT2D eigenvalue weighted by Crippen LogP contribution is 2.48. The van der Waals surface area contributed by atoms with Gasteiger partial charge in [0.1, 0.15) is 11.6 Å². The lowest BCUT2D eigenvalue weighted by Gasteiger charge is -2.52. The van der Waals surface area contributed by atoms with Crippen LogP contribution in [0.5, 0.6) is 0 Å². The summed E-state index contributed by atoms with van der Waals surface area (Å²) in [6.45, 7) is 0.344. The molecule has 6 heteroatoms. The highest BCUT2D eigenvalue weighted by Gasteiger charge is 2.63. The molecule has 3 heterocycles. The average Bonchev–Trinajstić information content (AvgIpc) is 2.81. The molecule has 108 valence electrons. The summed E-state index contributed by atoms with van der Waals surface area (Å²) in [5.74, 6) is -0.763. The average molecular weight is 286 g/mol. The van der Waals surface area contributed by atoms with E-state index < -0.39 is 11.6 Å². The fraction of sp³-hybridized carbons (Fsp3) is 0.400. The number of hydrogen-bond donors (Lipinski definition) is 1. The third-order valence-electron chi connectivity index (χ3n) is 4.70. The van der Waals surface area contributed by atoms with E-state index in [1.807, 2.05) is 30.3 Å². The molecule has 1 N–H and O–H groups in total. The van der Waals surface area contributed by atoms with Crippen LogP contribution >= 0.6 is 0 Å². The van der Waals surface area contributed by atoms with Crippen LogP contribution in [0.1, 0.15) is 24.5 Å². The molecule has 1 aromatic carbocycles. The van der Waals surface area contributed by atoms with Crippen LogP contribution in [0, 0.1) is 5.92 Å². The highest BCUT2D eigenvalue weighted by atomic mass is 16.6. The summed E-state index contributed by atoms with van der Waals surface area (Å²) in [5.41, 5.74) is 0.0204. The smallest absolute Gasteiger partial charge is 0.411 e. The van der Waals surface area contributed by atoms with Gasteiger partial charge >= 0.3 is 6.09 Å². The second kappa shape index (κ2) is 4.07. The zero-order chi connectivity index (χ0) is 14.6. The molecule has 5 rings (SSSR count). The first-order valence-corrected chi connectivity index (χ1v) is 6.99. The molecule has 3 aliphatic heterocycles. The van der Waals surface area contributed by atoms with Gasteiger partial charge in [0.05, 0.1) is 6.54 Å². The molecule has 1 saturated carbocycles. The number of rotatable bonds is 2. The summed E-state index contributed by atoms with van der Waals surface area (Å²) >= 11 is 0. The first-order chi connectivity index (χ1) is 10.1. The molecule has 1 atom stereocenters. The van der Waals surface area contributed by atoms with E-state index in [0.717, 1.165) is 5.56 Å². The van der Waals surface area contributed by atoms with Crippen molar-refractivity contribution in [3.8, 4) is 0 Å². The number of nitrogens with one attached hydrogen (secondary N) is 1. The number of cyclic esters (lactones) is 1. The van der Waals surface area contributed by atoms with Gasteiger partial charge in [0, 0.05) is 5.92 Å². The van der Waals surface area contributed by atoms with Gasteiger partial charge in [-0.1, -0.05) is 30.3 Å². The minimum absolute atomic E-state index is 0.161. The molecule has 1 aliphatic carbocycles. The van der Waals surface area contributed by atoms with Crippen LogP contribution in [-0.4, -0.2) is 34.9 Å². The fourth-order valence-corrected chi connectivity index (χ4v) is 3.45. The number of piperidine rings is 2. The minimum atomic E-state index is -0.890. The van der Waals surface area contributed by atoms with Gasteiger partial charge < -0.3 is 4.74 Å². The van der Waals surface area contributed by atoms with Crippen molar-refractivity contribution in [2.75, 3.05) is 6.54 Å². The van der Waals surface area contributed by atoms with Crippen molar-refractivity contribution in [3.05, 3.63) is 35.9 Å². The molecule has 3 amide bonds. The molecule has 0 spiro atoms. The number of carbonyl (C=O) groups excluding carboxylic acids is 3. The number of carbonyl (C=O) groups is 3. The number of benzene rings is 1. The lowest BCUT2D eigenvalue weighted by molar-refractivity contribution is -0.159. The predicted molar refractivity (Wildman–Crippen MR) is 71.0 cm³/mol. The molecular formula is C15H14N2O4. The Balaban J connectivity index is 1.59. The molecule has 1 aromatic rings. The van der Waals surface area contributed by atoms with Crippen molar-refractivity contribution in [1.29, 1.82) is 0 Å². The maximum atomic E-state index is 12.2. The van der Waals surface area contributed by atoms with Gasteiger partial charge in [-0.15, -0.1) is 0 Å². The summed E-state index contributed by atoms with van der Waals surface area (Å²) in [5, 5.41) is 2.34. The van der Waals surface area contributed by atoms with Gasteiger partial charge in [0.25, 0.3) is 5.91 Å². The van der Waals surface area contributed by atoms with Gasteiger partial charge in [-0.05, 0) is 18.4 Å². The standard InChI is InChI=1S/C15H14N2O4/c18-12-10-6-15(7-10,13(19)16-12)17-8-11(21-14(17)20)9-4-2-1-3-5-9/h1-5,10-11H,6-8H2,(H,16,18,19). The number of amides is 3. The Bertz CT molecular complexity index is 636. The number of ether oxygens (including phenoxy) is 1. The third kappa shape index (κ3) is 1.62. The number of nitrogens with zero attached hydrogens (tertiary/aromatic N) is 1. The van der Waals surface area contributed by atoms with Gasteiger partial charge in [0.2, 0.25) is 5.91 Å². The quantitative estimate of drug-likeness (QED) is 0.822. The number of fused-ring (bicyclic) bond motifs is 2. The molecule has 1 unspecified atom stereocenters. The van der Waals surface area contributed by atoms with E-state index >= 15 is 0 Å². The first-order valence-electron chi connectivity index (χ1n) is 6.99. The zero-order valence-electron chi connectivity index (χ0n) is 11.2. The van der Waals surface area contributed by atoms with Crippen LogP contribution in [0.25, 0.3) is 0 Å². The van der Waals surface area contributed by atoms with E-state index in [2.05, 4.69) is 5.32 Å².